The molecule has 4 N–H and O–H groups in total. The van der Waals surface area contributed by atoms with Crippen LogP contribution in [-0.4, -0.2) is 17.5 Å². The summed E-state index contributed by atoms with van der Waals surface area (Å²) < 4.78 is 0.695. The number of carbonyl (C=O) groups excluding carboxylic acids is 1. The number of carbonyl (C=O) groups is 1. The number of rotatable bonds is 1. The lowest BCUT2D eigenvalue weighted by Crippen LogP contribution is -2.50. The molecule has 0 unspecified atom stereocenters. The number of amides is 2. The number of nitrogens with two attached hydrogens (primary N) is 1. The van der Waals surface area contributed by atoms with Crippen molar-refractivity contribution in [1.29, 1.82) is 0 Å². The zero-order chi connectivity index (χ0) is 14.6. The van der Waals surface area contributed by atoms with Crippen LogP contribution in [0.3, 0.4) is 0 Å². The van der Waals surface area contributed by atoms with Gasteiger partial charge in [0, 0.05) is 15.0 Å². The predicted octanol–water partition coefficient (Wildman–Crippen LogP) is 3.15. The van der Waals surface area contributed by atoms with E-state index in [0.29, 0.717) is 15.2 Å². The minimum Gasteiger partial charge on any atom is -0.369 e. The summed E-state index contributed by atoms with van der Waals surface area (Å²) in [6.45, 7) is 5.61. The molecule has 0 bridgehead atoms. The van der Waals surface area contributed by atoms with E-state index in [1.165, 1.54) is 0 Å². The largest absolute Gasteiger partial charge is 0.369 e. The summed E-state index contributed by atoms with van der Waals surface area (Å²) in [5.41, 5.74) is 5.90. The van der Waals surface area contributed by atoms with Crippen molar-refractivity contribution in [2.75, 3.05) is 0 Å². The molecule has 1 aromatic carbocycles. The van der Waals surface area contributed by atoms with Crippen molar-refractivity contribution in [3.05, 3.63) is 27.7 Å². The first-order chi connectivity index (χ1) is 8.67. The summed E-state index contributed by atoms with van der Waals surface area (Å²) in [4.78, 5) is 15.7. The van der Waals surface area contributed by atoms with Crippen LogP contribution in [0.4, 0.5) is 10.5 Å². The van der Waals surface area contributed by atoms with Gasteiger partial charge in [-0.15, -0.1) is 0 Å². The first-order valence-electron chi connectivity index (χ1n) is 5.56. The second-order valence-electron chi connectivity index (χ2n) is 4.92. The Balaban J connectivity index is 2.74. The van der Waals surface area contributed by atoms with Gasteiger partial charge in [-0.05, 0) is 54.9 Å². The highest BCUT2D eigenvalue weighted by atomic mass is 79.9. The van der Waals surface area contributed by atoms with Crippen molar-refractivity contribution >= 4 is 45.2 Å². The smallest absolute Gasteiger partial charge is 0.321 e. The molecule has 0 saturated carbocycles. The van der Waals surface area contributed by atoms with Crippen LogP contribution in [0.25, 0.3) is 0 Å². The Hall–Kier alpha value is -1.27. The maximum atomic E-state index is 11.6. The Morgan fingerprint density at radius 2 is 2.05 bits per heavy atom. The molecule has 1 rings (SSSR count). The molecule has 0 heterocycles. The lowest BCUT2D eigenvalue weighted by molar-refractivity contribution is 0.236. The zero-order valence-electron chi connectivity index (χ0n) is 10.9. The molecule has 7 heteroatoms. The molecule has 19 heavy (non-hydrogen) atoms. The molecule has 0 aliphatic carbocycles. The Bertz CT molecular complexity index is 511. The van der Waals surface area contributed by atoms with Crippen LogP contribution in [0.5, 0.6) is 0 Å². The second kappa shape index (κ2) is 6.25. The van der Waals surface area contributed by atoms with E-state index in [0.717, 1.165) is 0 Å². The highest BCUT2D eigenvalue weighted by Crippen LogP contribution is 2.28. The van der Waals surface area contributed by atoms with E-state index in [-0.39, 0.29) is 11.5 Å². The number of guanidine groups is 1. The zero-order valence-corrected chi connectivity index (χ0v) is 13.3. The molecular formula is C12H16BrClN4O. The highest BCUT2D eigenvalue weighted by Gasteiger charge is 2.14. The van der Waals surface area contributed by atoms with Crippen molar-refractivity contribution in [3.8, 4) is 0 Å². The fourth-order valence-electron chi connectivity index (χ4n) is 1.22. The van der Waals surface area contributed by atoms with E-state index >= 15 is 0 Å². The monoisotopic (exact) mass is 346 g/mol. The molecule has 0 atom stereocenters. The standard InChI is InChI=1S/C12H16BrClN4O/c1-12(2,3)18-11(19)17-10(15)16-9-5-4-7(14)6-8(9)13/h4-6H,1-3H3,(H4,15,16,17,18,19). The van der Waals surface area contributed by atoms with Crippen molar-refractivity contribution in [3.63, 3.8) is 0 Å². The van der Waals surface area contributed by atoms with Crippen molar-refractivity contribution in [1.82, 2.24) is 10.6 Å². The number of urea groups is 1. The van der Waals surface area contributed by atoms with Gasteiger partial charge in [0.2, 0.25) is 5.96 Å². The lowest BCUT2D eigenvalue weighted by Gasteiger charge is -2.20. The Morgan fingerprint density at radius 3 is 2.58 bits per heavy atom. The average Bonchev–Trinajstić information content (AvgIpc) is 2.19. The maximum absolute atomic E-state index is 11.6. The summed E-state index contributed by atoms with van der Waals surface area (Å²) in [7, 11) is 0. The number of benzene rings is 1. The fourth-order valence-corrected chi connectivity index (χ4v) is 1.99. The van der Waals surface area contributed by atoms with Gasteiger partial charge < -0.3 is 11.1 Å². The quantitative estimate of drug-likeness (QED) is 0.539. The van der Waals surface area contributed by atoms with E-state index in [1.807, 2.05) is 20.8 Å². The minimum atomic E-state index is -0.404. The molecule has 0 saturated heterocycles. The molecular weight excluding hydrogens is 332 g/mol. The third-order valence-corrected chi connectivity index (χ3v) is 2.75. The van der Waals surface area contributed by atoms with Crippen LogP contribution >= 0.6 is 27.5 Å². The van der Waals surface area contributed by atoms with Gasteiger partial charge in [-0.1, -0.05) is 11.6 Å². The first kappa shape index (κ1) is 15.8. The van der Waals surface area contributed by atoms with Gasteiger partial charge in [-0.25, -0.2) is 9.79 Å². The van der Waals surface area contributed by atoms with E-state index < -0.39 is 6.03 Å². The van der Waals surface area contributed by atoms with Gasteiger partial charge in [-0.2, -0.15) is 0 Å². The summed E-state index contributed by atoms with van der Waals surface area (Å²) in [5, 5.41) is 5.75. The van der Waals surface area contributed by atoms with Crippen molar-refractivity contribution in [2.24, 2.45) is 10.7 Å². The number of hydrogen-bond acceptors (Lipinski definition) is 2. The maximum Gasteiger partial charge on any atom is 0.321 e. The van der Waals surface area contributed by atoms with Gasteiger partial charge in [0.1, 0.15) is 0 Å². The second-order valence-corrected chi connectivity index (χ2v) is 6.21. The molecule has 0 aromatic heterocycles. The molecule has 0 spiro atoms. The predicted molar refractivity (Wildman–Crippen MR) is 81.9 cm³/mol. The Kier molecular flexibility index (Phi) is 5.20. The molecule has 1 aromatic rings. The van der Waals surface area contributed by atoms with E-state index in [9.17, 15) is 4.79 Å². The molecule has 0 aliphatic heterocycles. The number of nitrogens with zero attached hydrogens (tertiary/aromatic N) is 1. The van der Waals surface area contributed by atoms with Crippen molar-refractivity contribution < 1.29 is 4.79 Å². The van der Waals surface area contributed by atoms with Crippen LogP contribution in [0, 0.1) is 0 Å². The van der Waals surface area contributed by atoms with E-state index in [1.54, 1.807) is 18.2 Å². The Morgan fingerprint density at radius 1 is 1.42 bits per heavy atom. The van der Waals surface area contributed by atoms with E-state index in [2.05, 4.69) is 31.6 Å². The molecule has 0 radical (unpaired) electrons. The number of hydrogen-bond donors (Lipinski definition) is 3. The lowest BCUT2D eigenvalue weighted by atomic mass is 10.1. The third kappa shape index (κ3) is 5.94. The number of aliphatic imine (C=N–C) groups is 1. The first-order valence-corrected chi connectivity index (χ1v) is 6.73. The van der Waals surface area contributed by atoms with Crippen LogP contribution < -0.4 is 16.4 Å². The van der Waals surface area contributed by atoms with Gasteiger partial charge >= 0.3 is 6.03 Å². The average molecular weight is 348 g/mol. The van der Waals surface area contributed by atoms with Gasteiger partial charge in [0.05, 0.1) is 5.69 Å². The molecule has 104 valence electrons. The van der Waals surface area contributed by atoms with Gasteiger partial charge in [0.25, 0.3) is 0 Å². The van der Waals surface area contributed by atoms with E-state index in [4.69, 9.17) is 17.3 Å². The molecule has 0 fully saturated rings. The minimum absolute atomic E-state index is 0.00442. The SMILES string of the molecule is CC(C)(C)NC(=O)NC(N)=Nc1ccc(Cl)cc1Br. The highest BCUT2D eigenvalue weighted by molar-refractivity contribution is 9.10. The normalized spacial score (nSPS) is 12.2. The summed E-state index contributed by atoms with van der Waals surface area (Å²) in [6.07, 6.45) is 0. The van der Waals surface area contributed by atoms with Crippen LogP contribution in [0.2, 0.25) is 5.02 Å². The van der Waals surface area contributed by atoms with Gasteiger partial charge in [0.15, 0.2) is 0 Å². The summed E-state index contributed by atoms with van der Waals surface area (Å²) >= 11 is 9.14. The van der Waals surface area contributed by atoms with Gasteiger partial charge in [-0.3, -0.25) is 5.32 Å². The topological polar surface area (TPSA) is 79.5 Å². The number of nitrogens with one attached hydrogen (secondary N) is 2. The summed E-state index contributed by atoms with van der Waals surface area (Å²) in [5.74, 6) is 0.00442. The van der Waals surface area contributed by atoms with Crippen molar-refractivity contribution in [2.45, 2.75) is 26.3 Å². The molecule has 5 nitrogen and oxygen atoms in total. The summed E-state index contributed by atoms with van der Waals surface area (Å²) in [6, 6.07) is 4.68. The van der Waals surface area contributed by atoms with Crippen LogP contribution in [-0.2, 0) is 0 Å². The fraction of sp³-hybridized carbons (Fsp3) is 0.333. The van der Waals surface area contributed by atoms with Crippen LogP contribution in [0.1, 0.15) is 20.8 Å². The third-order valence-electron chi connectivity index (χ3n) is 1.88. The molecule has 0 aliphatic rings. The number of halogens is 2. The Labute approximate surface area is 125 Å². The van der Waals surface area contributed by atoms with Crippen LogP contribution in [0.15, 0.2) is 27.7 Å². The molecule has 2 amide bonds.